The summed E-state index contributed by atoms with van der Waals surface area (Å²) in [5.41, 5.74) is 0.376. The Bertz CT molecular complexity index is 566. The van der Waals surface area contributed by atoms with Crippen molar-refractivity contribution in [2.75, 3.05) is 7.11 Å². The summed E-state index contributed by atoms with van der Waals surface area (Å²) in [4.78, 5) is 15.5. The summed E-state index contributed by atoms with van der Waals surface area (Å²) in [5.74, 6) is 0.574. The predicted molar refractivity (Wildman–Crippen MR) is 63.3 cm³/mol. The minimum atomic E-state index is -0.110. The Morgan fingerprint density at radius 2 is 2.12 bits per heavy atom. The van der Waals surface area contributed by atoms with Gasteiger partial charge in [-0.1, -0.05) is 23.7 Å². The van der Waals surface area contributed by atoms with E-state index in [0.29, 0.717) is 16.6 Å². The van der Waals surface area contributed by atoms with Crippen LogP contribution in [-0.4, -0.2) is 17.9 Å². The summed E-state index contributed by atoms with van der Waals surface area (Å²) in [6.45, 7) is 1.47. The van der Waals surface area contributed by atoms with Gasteiger partial charge in [0.05, 0.1) is 7.11 Å². The van der Waals surface area contributed by atoms with Gasteiger partial charge in [0.25, 0.3) is 0 Å². The first-order valence-electron chi connectivity index (χ1n) is 4.77. The Morgan fingerprint density at radius 1 is 1.38 bits per heavy atom. The minimum Gasteiger partial charge on any atom is -0.496 e. The number of halogens is 1. The molecular weight excluding hydrogens is 226 g/mol. The quantitative estimate of drug-likeness (QED) is 0.593. The van der Waals surface area contributed by atoms with E-state index in [1.165, 1.54) is 6.92 Å². The first-order valence-corrected chi connectivity index (χ1v) is 5.15. The van der Waals surface area contributed by atoms with Crippen molar-refractivity contribution in [1.82, 2.24) is 4.98 Å². The van der Waals surface area contributed by atoms with Gasteiger partial charge in [-0.3, -0.25) is 4.79 Å². The molecule has 1 aromatic carbocycles. The van der Waals surface area contributed by atoms with Gasteiger partial charge >= 0.3 is 0 Å². The van der Waals surface area contributed by atoms with Gasteiger partial charge in [0.1, 0.15) is 16.6 Å². The number of aromatic nitrogens is 1. The second-order valence-electron chi connectivity index (χ2n) is 3.41. The number of Topliss-reactive ketones (excluding diaryl/α,β-unsaturated/α-hetero) is 1. The fraction of sp³-hybridized carbons (Fsp3) is 0.167. The summed E-state index contributed by atoms with van der Waals surface area (Å²) < 4.78 is 5.22. The van der Waals surface area contributed by atoms with Crippen molar-refractivity contribution < 1.29 is 9.53 Å². The van der Waals surface area contributed by atoms with E-state index in [0.717, 1.165) is 10.8 Å². The van der Waals surface area contributed by atoms with Crippen molar-refractivity contribution in [3.63, 3.8) is 0 Å². The van der Waals surface area contributed by atoms with Crippen LogP contribution in [0.2, 0.25) is 5.15 Å². The molecule has 0 aliphatic heterocycles. The standard InChI is InChI=1S/C12H10ClNO2/c1-7(15)12-8-4-3-5-10(16-2)9(8)6-11(13)14-12/h3-6H,1-2H3. The molecule has 0 saturated heterocycles. The smallest absolute Gasteiger partial charge is 0.178 e. The SMILES string of the molecule is COc1cccc2c(C(C)=O)nc(Cl)cc12. The fourth-order valence-corrected chi connectivity index (χ4v) is 1.86. The molecule has 82 valence electrons. The highest BCUT2D eigenvalue weighted by Crippen LogP contribution is 2.29. The third-order valence-corrected chi connectivity index (χ3v) is 2.55. The van der Waals surface area contributed by atoms with E-state index in [2.05, 4.69) is 4.98 Å². The first kappa shape index (κ1) is 10.9. The van der Waals surface area contributed by atoms with E-state index < -0.39 is 0 Å². The number of ketones is 1. The topological polar surface area (TPSA) is 39.2 Å². The first-order chi connectivity index (χ1) is 7.63. The maximum atomic E-state index is 11.4. The summed E-state index contributed by atoms with van der Waals surface area (Å²) in [7, 11) is 1.58. The van der Waals surface area contributed by atoms with E-state index >= 15 is 0 Å². The Hall–Kier alpha value is -1.61. The highest BCUT2D eigenvalue weighted by atomic mass is 35.5. The Kier molecular flexibility index (Phi) is 2.79. The zero-order valence-electron chi connectivity index (χ0n) is 8.95. The summed E-state index contributed by atoms with van der Waals surface area (Å²) >= 11 is 5.88. The number of hydrogen-bond acceptors (Lipinski definition) is 3. The molecule has 0 spiro atoms. The molecule has 2 aromatic rings. The molecular formula is C12H10ClNO2. The molecule has 0 bridgehead atoms. The molecule has 1 aromatic heterocycles. The number of carbonyl (C=O) groups is 1. The molecule has 0 aliphatic rings. The van der Waals surface area contributed by atoms with Crippen LogP contribution in [-0.2, 0) is 0 Å². The Balaban J connectivity index is 2.88. The molecule has 0 saturated carbocycles. The summed E-state index contributed by atoms with van der Waals surface area (Å²) in [6, 6.07) is 7.17. The van der Waals surface area contributed by atoms with Gasteiger partial charge in [-0.25, -0.2) is 4.98 Å². The lowest BCUT2D eigenvalue weighted by atomic mass is 10.1. The van der Waals surface area contributed by atoms with Gasteiger partial charge in [0.15, 0.2) is 5.78 Å². The third-order valence-electron chi connectivity index (χ3n) is 2.36. The number of methoxy groups -OCH3 is 1. The molecule has 0 atom stereocenters. The summed E-state index contributed by atoms with van der Waals surface area (Å²) in [6.07, 6.45) is 0. The van der Waals surface area contributed by atoms with Crippen LogP contribution < -0.4 is 4.74 Å². The van der Waals surface area contributed by atoms with Crippen LogP contribution in [0.5, 0.6) is 5.75 Å². The highest BCUT2D eigenvalue weighted by Gasteiger charge is 2.11. The summed E-state index contributed by atoms with van der Waals surface area (Å²) in [5, 5.41) is 1.86. The van der Waals surface area contributed by atoms with Crippen LogP contribution in [0, 0.1) is 0 Å². The second-order valence-corrected chi connectivity index (χ2v) is 3.79. The number of fused-ring (bicyclic) bond motifs is 1. The lowest BCUT2D eigenvalue weighted by Gasteiger charge is -2.07. The van der Waals surface area contributed by atoms with E-state index in [1.54, 1.807) is 13.2 Å². The molecule has 3 nitrogen and oxygen atoms in total. The number of rotatable bonds is 2. The van der Waals surface area contributed by atoms with E-state index in [4.69, 9.17) is 16.3 Å². The maximum Gasteiger partial charge on any atom is 0.178 e. The number of ether oxygens (including phenoxy) is 1. The van der Waals surface area contributed by atoms with Crippen molar-refractivity contribution in [1.29, 1.82) is 0 Å². The van der Waals surface area contributed by atoms with Crippen LogP contribution in [0.25, 0.3) is 10.8 Å². The second kappa shape index (κ2) is 4.10. The van der Waals surface area contributed by atoms with Gasteiger partial charge in [-0.2, -0.15) is 0 Å². The number of hydrogen-bond donors (Lipinski definition) is 0. The van der Waals surface area contributed by atoms with Gasteiger partial charge in [0.2, 0.25) is 0 Å². The van der Waals surface area contributed by atoms with Gasteiger partial charge < -0.3 is 4.74 Å². The fourth-order valence-electron chi connectivity index (χ4n) is 1.66. The lowest BCUT2D eigenvalue weighted by Crippen LogP contribution is -1.99. The number of carbonyl (C=O) groups excluding carboxylic acids is 1. The van der Waals surface area contributed by atoms with Crippen molar-refractivity contribution in [2.45, 2.75) is 6.92 Å². The van der Waals surface area contributed by atoms with Crippen LogP contribution >= 0.6 is 11.6 Å². The largest absolute Gasteiger partial charge is 0.496 e. The average Bonchev–Trinajstić information content (AvgIpc) is 2.27. The lowest BCUT2D eigenvalue weighted by molar-refractivity contribution is 0.101. The monoisotopic (exact) mass is 235 g/mol. The predicted octanol–water partition coefficient (Wildman–Crippen LogP) is 3.10. The molecule has 1 heterocycles. The van der Waals surface area contributed by atoms with Crippen molar-refractivity contribution in [3.8, 4) is 5.75 Å². The molecule has 0 N–H and O–H groups in total. The molecule has 0 amide bonds. The minimum absolute atomic E-state index is 0.110. The molecule has 0 unspecified atom stereocenters. The maximum absolute atomic E-state index is 11.4. The Morgan fingerprint density at radius 3 is 2.75 bits per heavy atom. The molecule has 0 radical (unpaired) electrons. The van der Waals surface area contributed by atoms with E-state index in [1.807, 2.05) is 18.2 Å². The Labute approximate surface area is 98.0 Å². The van der Waals surface area contributed by atoms with Gasteiger partial charge in [0, 0.05) is 17.7 Å². The van der Waals surface area contributed by atoms with Gasteiger partial charge in [-0.15, -0.1) is 0 Å². The van der Waals surface area contributed by atoms with Crippen LogP contribution in [0.3, 0.4) is 0 Å². The zero-order valence-corrected chi connectivity index (χ0v) is 9.71. The van der Waals surface area contributed by atoms with Crippen molar-refractivity contribution >= 4 is 28.2 Å². The van der Waals surface area contributed by atoms with E-state index in [-0.39, 0.29) is 5.78 Å². The van der Waals surface area contributed by atoms with Crippen molar-refractivity contribution in [3.05, 3.63) is 35.1 Å². The number of nitrogens with zero attached hydrogens (tertiary/aromatic N) is 1. The number of benzene rings is 1. The molecule has 4 heteroatoms. The molecule has 0 aliphatic carbocycles. The van der Waals surface area contributed by atoms with Crippen LogP contribution in [0.15, 0.2) is 24.3 Å². The normalized spacial score (nSPS) is 10.4. The van der Waals surface area contributed by atoms with E-state index in [9.17, 15) is 4.79 Å². The van der Waals surface area contributed by atoms with Crippen LogP contribution in [0.1, 0.15) is 17.4 Å². The third kappa shape index (κ3) is 1.74. The van der Waals surface area contributed by atoms with Crippen molar-refractivity contribution in [2.24, 2.45) is 0 Å². The average molecular weight is 236 g/mol. The highest BCUT2D eigenvalue weighted by molar-refractivity contribution is 6.30. The van der Waals surface area contributed by atoms with Crippen LogP contribution in [0.4, 0.5) is 0 Å². The molecule has 16 heavy (non-hydrogen) atoms. The van der Waals surface area contributed by atoms with Gasteiger partial charge in [-0.05, 0) is 12.1 Å². The zero-order chi connectivity index (χ0) is 11.7. The molecule has 0 fully saturated rings. The number of pyridine rings is 1. The molecule has 2 rings (SSSR count).